The van der Waals surface area contributed by atoms with Gasteiger partial charge in [-0.15, -0.1) is 0 Å². The molecule has 0 unspecified atom stereocenters. The van der Waals surface area contributed by atoms with Gasteiger partial charge in [0.1, 0.15) is 18.7 Å². The zero-order chi connectivity index (χ0) is 44.1. The number of nitrogens with one attached hydrogen (secondary N) is 4. The number of esters is 2. The van der Waals surface area contributed by atoms with Gasteiger partial charge in [0.2, 0.25) is 93.3 Å². The maximum atomic E-state index is 13.7. The minimum absolute atomic E-state index is 0.199. The standard InChI is InChI=1S/C33H33F10N5O10/c1-33(2,3)58-32(55)48(10-8-44-14(49)4-6-16(51)46-12-18(53)56-30-26(40)22(36)20(34)23(37)27(30)41)11-9-45-15(50)5-7-17(52)47-13-19(54)57-31-28(42)24(38)21(35)25(39)29(31)43/h4-13H2,1-3H3,(H,44,49)(H,45,50)(H,46,51)(H,47,52). The molecule has 0 radical (unpaired) electrons. The lowest BCUT2D eigenvalue weighted by atomic mass is 10.2. The lowest BCUT2D eigenvalue weighted by Gasteiger charge is -2.27. The van der Waals surface area contributed by atoms with Crippen LogP contribution in [0.25, 0.3) is 0 Å². The van der Waals surface area contributed by atoms with Crippen LogP contribution in [0.1, 0.15) is 46.5 Å². The number of hydrogen-bond acceptors (Lipinski definition) is 10. The summed E-state index contributed by atoms with van der Waals surface area (Å²) in [5.41, 5.74) is -0.969. The van der Waals surface area contributed by atoms with Gasteiger partial charge in [0.15, 0.2) is 0 Å². The molecule has 0 saturated heterocycles. The first-order valence-electron chi connectivity index (χ1n) is 16.4. The first-order chi connectivity index (χ1) is 26.9. The maximum Gasteiger partial charge on any atom is 0.410 e. The minimum atomic E-state index is -2.48. The fourth-order valence-electron chi connectivity index (χ4n) is 4.08. The molecule has 0 fully saturated rings. The molecule has 0 atom stereocenters. The van der Waals surface area contributed by atoms with E-state index >= 15 is 0 Å². The number of nitrogens with zero attached hydrogens (tertiary/aromatic N) is 1. The van der Waals surface area contributed by atoms with E-state index in [9.17, 15) is 77.5 Å². The predicted octanol–water partition coefficient (Wildman–Crippen LogP) is 2.85. The molecule has 0 aliphatic rings. The van der Waals surface area contributed by atoms with Gasteiger partial charge in [-0.1, -0.05) is 0 Å². The summed E-state index contributed by atoms with van der Waals surface area (Å²) in [4.78, 5) is 85.9. The summed E-state index contributed by atoms with van der Waals surface area (Å²) >= 11 is 0. The molecule has 0 heterocycles. The van der Waals surface area contributed by atoms with Crippen LogP contribution in [-0.4, -0.2) is 91.4 Å². The summed E-state index contributed by atoms with van der Waals surface area (Å²) in [5, 5.41) is 8.64. The number of rotatable bonds is 18. The molecular weight excluding hydrogens is 816 g/mol. The molecular formula is C33H33F10N5O10. The fourth-order valence-corrected chi connectivity index (χ4v) is 4.08. The minimum Gasteiger partial charge on any atom is -0.444 e. The van der Waals surface area contributed by atoms with E-state index in [1.54, 1.807) is 20.8 Å². The van der Waals surface area contributed by atoms with Crippen molar-refractivity contribution in [2.75, 3.05) is 39.3 Å². The Balaban J connectivity index is 1.76. The molecule has 15 nitrogen and oxygen atoms in total. The summed E-state index contributed by atoms with van der Waals surface area (Å²) in [6.07, 6.45) is -2.94. The van der Waals surface area contributed by atoms with E-state index in [-0.39, 0.29) is 26.2 Å². The first kappa shape index (κ1) is 48.0. The zero-order valence-corrected chi connectivity index (χ0v) is 30.4. The van der Waals surface area contributed by atoms with Crippen molar-refractivity contribution < 1.29 is 91.7 Å². The van der Waals surface area contributed by atoms with Gasteiger partial charge in [-0.05, 0) is 20.8 Å². The molecule has 0 saturated carbocycles. The molecule has 2 rings (SSSR count). The fraction of sp³-hybridized carbons (Fsp3) is 0.424. The number of carbonyl (C=O) groups excluding carboxylic acids is 7. The van der Waals surface area contributed by atoms with Crippen molar-refractivity contribution in [3.63, 3.8) is 0 Å². The number of hydrogen-bond donors (Lipinski definition) is 4. The molecule has 25 heteroatoms. The molecule has 0 aromatic heterocycles. The Labute approximate surface area is 320 Å². The van der Waals surface area contributed by atoms with Crippen molar-refractivity contribution in [2.24, 2.45) is 0 Å². The molecule has 4 N–H and O–H groups in total. The summed E-state index contributed by atoms with van der Waals surface area (Å²) in [5.74, 6) is -34.5. The van der Waals surface area contributed by atoms with Crippen LogP contribution in [0.2, 0.25) is 0 Å². The molecule has 2 aromatic carbocycles. The van der Waals surface area contributed by atoms with E-state index in [4.69, 9.17) is 4.74 Å². The van der Waals surface area contributed by atoms with Crippen molar-refractivity contribution in [1.82, 2.24) is 26.2 Å². The Morgan fingerprint density at radius 2 is 0.741 bits per heavy atom. The SMILES string of the molecule is CC(C)(C)OC(=O)N(CCNC(=O)CCC(=O)NCC(=O)Oc1c(F)c(F)c(F)c(F)c1F)CCNC(=O)CCC(=O)NCC(=O)Oc1c(F)c(F)c(F)c(F)c1F. The third kappa shape index (κ3) is 14.4. The van der Waals surface area contributed by atoms with Crippen LogP contribution in [0.5, 0.6) is 11.5 Å². The maximum absolute atomic E-state index is 13.7. The van der Waals surface area contributed by atoms with E-state index in [1.165, 1.54) is 0 Å². The van der Waals surface area contributed by atoms with Crippen LogP contribution in [0.4, 0.5) is 48.7 Å². The monoisotopic (exact) mass is 849 g/mol. The normalized spacial score (nSPS) is 11.0. The lowest BCUT2D eigenvalue weighted by Crippen LogP contribution is -2.45. The molecule has 2 aromatic rings. The second-order valence-electron chi connectivity index (χ2n) is 12.5. The smallest absolute Gasteiger partial charge is 0.410 e. The summed E-state index contributed by atoms with van der Waals surface area (Å²) in [6, 6.07) is 0. The summed E-state index contributed by atoms with van der Waals surface area (Å²) in [7, 11) is 0. The van der Waals surface area contributed by atoms with Gasteiger partial charge in [-0.3, -0.25) is 19.2 Å². The van der Waals surface area contributed by atoms with Gasteiger partial charge in [-0.2, -0.15) is 17.6 Å². The van der Waals surface area contributed by atoms with Gasteiger partial charge >= 0.3 is 18.0 Å². The molecule has 0 aliphatic carbocycles. The van der Waals surface area contributed by atoms with Crippen molar-refractivity contribution in [3.05, 3.63) is 58.2 Å². The Hall–Kier alpha value is -6.17. The van der Waals surface area contributed by atoms with Crippen molar-refractivity contribution in [2.45, 2.75) is 52.1 Å². The first-order valence-corrected chi connectivity index (χ1v) is 16.4. The quantitative estimate of drug-likeness (QED) is 0.0569. The molecule has 0 bridgehead atoms. The van der Waals surface area contributed by atoms with Gasteiger partial charge in [0, 0.05) is 51.9 Å². The van der Waals surface area contributed by atoms with Crippen LogP contribution in [-0.2, 0) is 33.5 Å². The molecule has 0 spiro atoms. The van der Waals surface area contributed by atoms with Gasteiger partial charge in [-0.25, -0.2) is 40.7 Å². The van der Waals surface area contributed by atoms with Gasteiger partial charge < -0.3 is 40.4 Å². The average molecular weight is 850 g/mol. The van der Waals surface area contributed by atoms with Crippen LogP contribution in [0.3, 0.4) is 0 Å². The van der Waals surface area contributed by atoms with Crippen LogP contribution in [0.15, 0.2) is 0 Å². The second-order valence-corrected chi connectivity index (χ2v) is 12.5. The van der Waals surface area contributed by atoms with Gasteiger partial charge in [0.25, 0.3) is 0 Å². The highest BCUT2D eigenvalue weighted by molar-refractivity contribution is 5.87. The predicted molar refractivity (Wildman–Crippen MR) is 172 cm³/mol. The zero-order valence-electron chi connectivity index (χ0n) is 30.4. The van der Waals surface area contributed by atoms with E-state index in [1.807, 2.05) is 10.6 Å². The largest absolute Gasteiger partial charge is 0.444 e. The summed E-state index contributed by atoms with van der Waals surface area (Å²) < 4.78 is 148. The van der Waals surface area contributed by atoms with Crippen LogP contribution in [0, 0.1) is 58.2 Å². The second kappa shape index (κ2) is 21.4. The van der Waals surface area contributed by atoms with Crippen LogP contribution >= 0.6 is 0 Å². The van der Waals surface area contributed by atoms with E-state index < -0.39 is 156 Å². The highest BCUT2D eigenvalue weighted by Gasteiger charge is 2.30. The number of ether oxygens (including phenoxy) is 3. The van der Waals surface area contributed by atoms with E-state index in [0.29, 0.717) is 0 Å². The number of amides is 5. The molecule has 320 valence electrons. The molecule has 5 amide bonds. The Kier molecular flexibility index (Phi) is 17.7. The molecule has 0 aliphatic heterocycles. The molecule has 58 heavy (non-hydrogen) atoms. The van der Waals surface area contributed by atoms with Gasteiger partial charge in [0.05, 0.1) is 0 Å². The van der Waals surface area contributed by atoms with E-state index in [0.717, 1.165) is 4.90 Å². The number of carbonyl (C=O) groups is 7. The van der Waals surface area contributed by atoms with Crippen molar-refractivity contribution >= 4 is 41.7 Å². The van der Waals surface area contributed by atoms with Crippen molar-refractivity contribution in [3.8, 4) is 11.5 Å². The topological polar surface area (TPSA) is 199 Å². The Bertz CT molecular complexity index is 1750. The Morgan fingerprint density at radius 3 is 1.03 bits per heavy atom. The number of benzene rings is 2. The highest BCUT2D eigenvalue weighted by Crippen LogP contribution is 2.30. The number of halogens is 10. The average Bonchev–Trinajstić information content (AvgIpc) is 3.16. The Morgan fingerprint density at radius 1 is 0.466 bits per heavy atom. The third-order valence-electron chi connectivity index (χ3n) is 6.85. The third-order valence-corrected chi connectivity index (χ3v) is 6.85. The van der Waals surface area contributed by atoms with Crippen LogP contribution < -0.4 is 30.7 Å². The lowest BCUT2D eigenvalue weighted by molar-refractivity contribution is -0.136. The van der Waals surface area contributed by atoms with E-state index in [2.05, 4.69) is 20.1 Å². The highest BCUT2D eigenvalue weighted by atomic mass is 19.2. The summed E-state index contributed by atoms with van der Waals surface area (Å²) in [6.45, 7) is 1.69. The van der Waals surface area contributed by atoms with Crippen molar-refractivity contribution in [1.29, 1.82) is 0 Å².